The van der Waals surface area contributed by atoms with Crippen LogP contribution in [0.25, 0.3) is 11.3 Å². The monoisotopic (exact) mass is 360 g/mol. The third-order valence-corrected chi connectivity index (χ3v) is 5.00. The SMILES string of the molecule is CNCc1ccc(-c2ccco2)c(NS(=O)(=O)c2ccc(F)cc2)c1. The van der Waals surface area contributed by atoms with Gasteiger partial charge in [0.15, 0.2) is 0 Å². The standard InChI is InChI=1S/C18H17FN2O3S/c1-20-12-13-4-9-16(18-3-2-10-24-18)17(11-13)21-25(22,23)15-7-5-14(19)6-8-15/h2-11,20-21H,12H2,1H3. The van der Waals surface area contributed by atoms with E-state index in [1.165, 1.54) is 18.4 Å². The summed E-state index contributed by atoms with van der Waals surface area (Å²) in [7, 11) is -2.05. The van der Waals surface area contributed by atoms with Gasteiger partial charge in [0.05, 0.1) is 16.8 Å². The molecule has 0 aliphatic heterocycles. The van der Waals surface area contributed by atoms with E-state index >= 15 is 0 Å². The smallest absolute Gasteiger partial charge is 0.261 e. The first-order chi connectivity index (χ1) is 12.0. The summed E-state index contributed by atoms with van der Waals surface area (Å²) in [5, 5.41) is 3.02. The number of furan rings is 1. The Morgan fingerprint density at radius 2 is 1.84 bits per heavy atom. The zero-order valence-corrected chi connectivity index (χ0v) is 14.3. The molecule has 0 saturated heterocycles. The minimum atomic E-state index is -3.85. The minimum absolute atomic E-state index is 0.0154. The maximum Gasteiger partial charge on any atom is 0.261 e. The summed E-state index contributed by atoms with van der Waals surface area (Å²) >= 11 is 0. The number of nitrogens with one attached hydrogen (secondary N) is 2. The summed E-state index contributed by atoms with van der Waals surface area (Å²) in [6.45, 7) is 0.587. The Morgan fingerprint density at radius 3 is 2.48 bits per heavy atom. The van der Waals surface area contributed by atoms with Crippen LogP contribution in [0.2, 0.25) is 0 Å². The van der Waals surface area contributed by atoms with E-state index < -0.39 is 15.8 Å². The van der Waals surface area contributed by atoms with Crippen molar-refractivity contribution in [3.63, 3.8) is 0 Å². The zero-order chi connectivity index (χ0) is 17.9. The molecule has 0 amide bonds. The molecule has 0 bridgehead atoms. The van der Waals surface area contributed by atoms with E-state index in [-0.39, 0.29) is 4.90 Å². The molecule has 0 aliphatic rings. The van der Waals surface area contributed by atoms with Gasteiger partial charge in [0.1, 0.15) is 11.6 Å². The van der Waals surface area contributed by atoms with Crippen molar-refractivity contribution < 1.29 is 17.2 Å². The fourth-order valence-corrected chi connectivity index (χ4v) is 3.52. The van der Waals surface area contributed by atoms with Crippen LogP contribution in [-0.2, 0) is 16.6 Å². The molecule has 5 nitrogen and oxygen atoms in total. The minimum Gasteiger partial charge on any atom is -0.464 e. The molecule has 0 spiro atoms. The number of anilines is 1. The average Bonchev–Trinajstić information content (AvgIpc) is 3.10. The molecule has 0 saturated carbocycles. The predicted octanol–water partition coefficient (Wildman–Crippen LogP) is 3.61. The highest BCUT2D eigenvalue weighted by Gasteiger charge is 2.18. The van der Waals surface area contributed by atoms with Crippen molar-refractivity contribution in [3.8, 4) is 11.3 Å². The molecule has 0 aliphatic carbocycles. The van der Waals surface area contributed by atoms with Crippen molar-refractivity contribution in [3.05, 3.63) is 72.2 Å². The normalized spacial score (nSPS) is 11.4. The van der Waals surface area contributed by atoms with Gasteiger partial charge in [-0.3, -0.25) is 4.72 Å². The van der Waals surface area contributed by atoms with Crippen molar-refractivity contribution in [2.45, 2.75) is 11.4 Å². The van der Waals surface area contributed by atoms with Gasteiger partial charge in [-0.25, -0.2) is 12.8 Å². The van der Waals surface area contributed by atoms with E-state index in [2.05, 4.69) is 10.0 Å². The third-order valence-electron chi connectivity index (χ3n) is 3.62. The maximum absolute atomic E-state index is 13.1. The van der Waals surface area contributed by atoms with Crippen molar-refractivity contribution in [2.75, 3.05) is 11.8 Å². The second-order valence-corrected chi connectivity index (χ2v) is 7.13. The highest BCUT2D eigenvalue weighted by molar-refractivity contribution is 7.92. The van der Waals surface area contributed by atoms with Gasteiger partial charge in [-0.1, -0.05) is 6.07 Å². The second-order valence-electron chi connectivity index (χ2n) is 5.45. The van der Waals surface area contributed by atoms with Gasteiger partial charge < -0.3 is 9.73 Å². The summed E-state index contributed by atoms with van der Waals surface area (Å²) in [4.78, 5) is -0.0154. The van der Waals surface area contributed by atoms with Crippen LogP contribution in [0, 0.1) is 5.82 Å². The molecule has 0 atom stereocenters. The Morgan fingerprint density at radius 1 is 1.08 bits per heavy atom. The summed E-state index contributed by atoms with van der Waals surface area (Å²) in [5.41, 5.74) is 1.93. The molecule has 1 heterocycles. The summed E-state index contributed by atoms with van der Waals surface area (Å²) in [6, 6.07) is 13.6. The van der Waals surface area contributed by atoms with Crippen LogP contribution >= 0.6 is 0 Å². The van der Waals surface area contributed by atoms with Crippen LogP contribution in [-0.4, -0.2) is 15.5 Å². The van der Waals surface area contributed by atoms with E-state index in [9.17, 15) is 12.8 Å². The molecular weight excluding hydrogens is 343 g/mol. The van der Waals surface area contributed by atoms with E-state index in [0.717, 1.165) is 17.7 Å². The molecule has 0 radical (unpaired) electrons. The maximum atomic E-state index is 13.1. The number of hydrogen-bond donors (Lipinski definition) is 2. The molecule has 0 fully saturated rings. The van der Waals surface area contributed by atoms with Crippen molar-refractivity contribution in [1.29, 1.82) is 0 Å². The largest absolute Gasteiger partial charge is 0.464 e. The Balaban J connectivity index is 2.02. The fraction of sp³-hybridized carbons (Fsp3) is 0.111. The number of benzene rings is 2. The van der Waals surface area contributed by atoms with Gasteiger partial charge in [-0.15, -0.1) is 0 Å². The lowest BCUT2D eigenvalue weighted by atomic mass is 10.1. The topological polar surface area (TPSA) is 71.3 Å². The van der Waals surface area contributed by atoms with Gasteiger partial charge in [-0.05, 0) is 61.1 Å². The molecule has 0 unspecified atom stereocenters. The first-order valence-electron chi connectivity index (χ1n) is 7.59. The molecule has 3 rings (SSSR count). The number of halogens is 1. The lowest BCUT2D eigenvalue weighted by Crippen LogP contribution is -2.14. The third kappa shape index (κ3) is 3.89. The molecule has 2 aromatic carbocycles. The summed E-state index contributed by atoms with van der Waals surface area (Å²) < 4.78 is 46.3. The van der Waals surface area contributed by atoms with Gasteiger partial charge in [0.25, 0.3) is 10.0 Å². The van der Waals surface area contributed by atoms with Crippen LogP contribution in [0.15, 0.2) is 70.2 Å². The average molecular weight is 360 g/mol. The molecule has 2 N–H and O–H groups in total. The van der Waals surface area contributed by atoms with Crippen molar-refractivity contribution in [1.82, 2.24) is 5.32 Å². The lowest BCUT2D eigenvalue weighted by Gasteiger charge is -2.13. The lowest BCUT2D eigenvalue weighted by molar-refractivity contribution is 0.582. The Kier molecular flexibility index (Phi) is 4.87. The van der Waals surface area contributed by atoms with Gasteiger partial charge >= 0.3 is 0 Å². The van der Waals surface area contributed by atoms with E-state index in [4.69, 9.17) is 4.42 Å². The van der Waals surface area contributed by atoms with Crippen molar-refractivity contribution in [2.24, 2.45) is 0 Å². The Hall–Kier alpha value is -2.64. The highest BCUT2D eigenvalue weighted by atomic mass is 32.2. The number of rotatable bonds is 6. The van der Waals surface area contributed by atoms with Crippen LogP contribution in [0.5, 0.6) is 0 Å². The van der Waals surface area contributed by atoms with E-state index in [0.29, 0.717) is 23.6 Å². The quantitative estimate of drug-likeness (QED) is 0.704. The molecule has 7 heteroatoms. The molecule has 3 aromatic rings. The summed E-state index contributed by atoms with van der Waals surface area (Å²) in [6.07, 6.45) is 1.52. The Labute approximate surface area is 145 Å². The molecular formula is C18H17FN2O3S. The summed E-state index contributed by atoms with van der Waals surface area (Å²) in [5.74, 6) is 0.0547. The van der Waals surface area contributed by atoms with E-state index in [1.807, 2.05) is 13.1 Å². The molecule has 1 aromatic heterocycles. The number of sulfonamides is 1. The van der Waals surface area contributed by atoms with Crippen LogP contribution < -0.4 is 10.0 Å². The van der Waals surface area contributed by atoms with Gasteiger partial charge in [-0.2, -0.15) is 0 Å². The molecule has 130 valence electrons. The van der Waals surface area contributed by atoms with E-state index in [1.54, 1.807) is 24.3 Å². The molecule has 25 heavy (non-hydrogen) atoms. The van der Waals surface area contributed by atoms with Crippen LogP contribution in [0.4, 0.5) is 10.1 Å². The highest BCUT2D eigenvalue weighted by Crippen LogP contribution is 2.31. The van der Waals surface area contributed by atoms with Crippen LogP contribution in [0.3, 0.4) is 0 Å². The Bertz CT molecular complexity index is 952. The fourth-order valence-electron chi connectivity index (χ4n) is 2.45. The first-order valence-corrected chi connectivity index (χ1v) is 9.08. The second kappa shape index (κ2) is 7.08. The number of hydrogen-bond acceptors (Lipinski definition) is 4. The van der Waals surface area contributed by atoms with Crippen LogP contribution in [0.1, 0.15) is 5.56 Å². The van der Waals surface area contributed by atoms with Gasteiger partial charge in [0.2, 0.25) is 0 Å². The first kappa shape index (κ1) is 17.2. The van der Waals surface area contributed by atoms with Gasteiger partial charge in [0, 0.05) is 12.1 Å². The van der Waals surface area contributed by atoms with Crippen molar-refractivity contribution >= 4 is 15.7 Å². The zero-order valence-electron chi connectivity index (χ0n) is 13.5. The predicted molar refractivity (Wildman–Crippen MR) is 94.1 cm³/mol.